The lowest BCUT2D eigenvalue weighted by Gasteiger charge is -2.19. The van der Waals surface area contributed by atoms with E-state index >= 15 is 0 Å². The summed E-state index contributed by atoms with van der Waals surface area (Å²) in [6, 6.07) is 1.47. The lowest BCUT2D eigenvalue weighted by atomic mass is 10.2. The molecule has 0 aliphatic carbocycles. The molecule has 0 unspecified atom stereocenters. The number of nitrogens with zero attached hydrogens (tertiary/aromatic N) is 2. The van der Waals surface area contributed by atoms with Crippen LogP contribution in [0.15, 0.2) is 24.9 Å². The number of aromatic nitrogens is 1. The number of amides is 1. The summed E-state index contributed by atoms with van der Waals surface area (Å²) in [5, 5.41) is 0.555. The molecule has 1 amide bonds. The van der Waals surface area contributed by atoms with Crippen LogP contribution in [-0.4, -0.2) is 28.9 Å². The molecule has 1 heterocycles. The first kappa shape index (κ1) is 13.0. The van der Waals surface area contributed by atoms with Gasteiger partial charge in [-0.15, -0.1) is 6.58 Å². The van der Waals surface area contributed by atoms with Crippen molar-refractivity contribution in [1.29, 1.82) is 0 Å². The van der Waals surface area contributed by atoms with Crippen molar-refractivity contribution < 1.29 is 4.79 Å². The third-order valence-corrected chi connectivity index (χ3v) is 2.58. The Balaban J connectivity index is 3.02. The molecule has 0 fully saturated rings. The van der Waals surface area contributed by atoms with Crippen LogP contribution in [0, 0.1) is 0 Å². The Morgan fingerprint density at radius 2 is 2.31 bits per heavy atom. The first-order valence-corrected chi connectivity index (χ1v) is 5.57. The van der Waals surface area contributed by atoms with Crippen molar-refractivity contribution in [2.45, 2.75) is 6.92 Å². The predicted octanol–water partition coefficient (Wildman–Crippen LogP) is 3.04. The highest BCUT2D eigenvalue weighted by molar-refractivity contribution is 6.35. The zero-order valence-corrected chi connectivity index (χ0v) is 10.4. The van der Waals surface area contributed by atoms with Crippen molar-refractivity contribution in [1.82, 2.24) is 9.88 Å². The van der Waals surface area contributed by atoms with Crippen LogP contribution in [0.25, 0.3) is 0 Å². The molecule has 0 N–H and O–H groups in total. The molecule has 0 aliphatic rings. The Morgan fingerprint density at radius 3 is 2.88 bits per heavy atom. The minimum atomic E-state index is -0.170. The van der Waals surface area contributed by atoms with Crippen LogP contribution < -0.4 is 0 Å². The van der Waals surface area contributed by atoms with Gasteiger partial charge in [0.15, 0.2) is 0 Å². The number of halogens is 2. The Kier molecular flexibility index (Phi) is 4.77. The molecular formula is C11H12Cl2N2O. The molecule has 0 spiro atoms. The number of carbonyl (C=O) groups is 1. The van der Waals surface area contributed by atoms with E-state index in [2.05, 4.69) is 11.6 Å². The molecule has 1 rings (SSSR count). The zero-order valence-electron chi connectivity index (χ0n) is 8.91. The molecule has 3 nitrogen and oxygen atoms in total. The number of hydrogen-bond acceptors (Lipinski definition) is 2. The van der Waals surface area contributed by atoms with Crippen LogP contribution in [-0.2, 0) is 0 Å². The molecule has 1 aromatic rings. The zero-order chi connectivity index (χ0) is 12.1. The molecule has 0 aromatic carbocycles. The minimum Gasteiger partial charge on any atom is -0.335 e. The Morgan fingerprint density at radius 1 is 1.62 bits per heavy atom. The summed E-state index contributed by atoms with van der Waals surface area (Å²) in [5.74, 6) is -0.170. The maximum Gasteiger partial charge on any atom is 0.255 e. The van der Waals surface area contributed by atoms with E-state index in [9.17, 15) is 4.79 Å². The number of carbonyl (C=O) groups excluding carboxylic acids is 1. The second-order valence-corrected chi connectivity index (χ2v) is 3.91. The topological polar surface area (TPSA) is 33.2 Å². The van der Waals surface area contributed by atoms with Gasteiger partial charge < -0.3 is 4.90 Å². The minimum absolute atomic E-state index is 0.170. The second kappa shape index (κ2) is 5.87. The smallest absolute Gasteiger partial charge is 0.255 e. The Bertz CT molecular complexity index is 407. The van der Waals surface area contributed by atoms with E-state index in [1.165, 1.54) is 12.3 Å². The normalized spacial score (nSPS) is 9.94. The largest absolute Gasteiger partial charge is 0.335 e. The first-order valence-electron chi connectivity index (χ1n) is 4.81. The van der Waals surface area contributed by atoms with E-state index in [1.807, 2.05) is 6.92 Å². The fraction of sp³-hybridized carbons (Fsp3) is 0.273. The molecule has 0 bridgehead atoms. The monoisotopic (exact) mass is 258 g/mol. The van der Waals surface area contributed by atoms with Gasteiger partial charge in [-0.3, -0.25) is 4.79 Å². The maximum absolute atomic E-state index is 12.0. The number of likely N-dealkylation sites (N-methyl/N-ethyl adjacent to an activating group) is 1. The maximum atomic E-state index is 12.0. The fourth-order valence-electron chi connectivity index (χ4n) is 1.26. The molecule has 0 aliphatic heterocycles. The summed E-state index contributed by atoms with van der Waals surface area (Å²) in [7, 11) is 0. The van der Waals surface area contributed by atoms with Gasteiger partial charge >= 0.3 is 0 Å². The van der Waals surface area contributed by atoms with Gasteiger partial charge in [-0.05, 0) is 13.0 Å². The van der Waals surface area contributed by atoms with Crippen LogP contribution >= 0.6 is 23.2 Å². The Labute approximate surface area is 105 Å². The third kappa shape index (κ3) is 2.97. The van der Waals surface area contributed by atoms with Crippen LogP contribution in [0.2, 0.25) is 10.2 Å². The van der Waals surface area contributed by atoms with E-state index in [4.69, 9.17) is 23.2 Å². The van der Waals surface area contributed by atoms with Crippen molar-refractivity contribution in [3.05, 3.63) is 40.7 Å². The van der Waals surface area contributed by atoms with Crippen molar-refractivity contribution in [3.8, 4) is 0 Å². The van der Waals surface area contributed by atoms with E-state index in [0.717, 1.165) is 0 Å². The van der Waals surface area contributed by atoms with Crippen molar-refractivity contribution >= 4 is 29.1 Å². The van der Waals surface area contributed by atoms with Crippen molar-refractivity contribution in [2.75, 3.05) is 13.1 Å². The van der Waals surface area contributed by atoms with Gasteiger partial charge in [-0.1, -0.05) is 29.3 Å². The van der Waals surface area contributed by atoms with Gasteiger partial charge in [-0.2, -0.15) is 0 Å². The van der Waals surface area contributed by atoms with Gasteiger partial charge in [0.2, 0.25) is 0 Å². The molecule has 0 atom stereocenters. The number of hydrogen-bond donors (Lipinski definition) is 0. The highest BCUT2D eigenvalue weighted by atomic mass is 35.5. The quantitative estimate of drug-likeness (QED) is 0.615. The van der Waals surface area contributed by atoms with E-state index in [-0.39, 0.29) is 11.1 Å². The summed E-state index contributed by atoms with van der Waals surface area (Å²) < 4.78 is 0. The summed E-state index contributed by atoms with van der Waals surface area (Å²) in [4.78, 5) is 17.5. The molecule has 16 heavy (non-hydrogen) atoms. The summed E-state index contributed by atoms with van der Waals surface area (Å²) >= 11 is 11.6. The SMILES string of the molecule is C=CCN(CC)C(=O)c1cc(Cl)ncc1Cl. The molecular weight excluding hydrogens is 247 g/mol. The van der Waals surface area contributed by atoms with Gasteiger partial charge in [0.05, 0.1) is 10.6 Å². The third-order valence-electron chi connectivity index (χ3n) is 2.07. The van der Waals surface area contributed by atoms with Crippen LogP contribution in [0.4, 0.5) is 0 Å². The van der Waals surface area contributed by atoms with E-state index in [0.29, 0.717) is 23.7 Å². The molecule has 1 aromatic heterocycles. The van der Waals surface area contributed by atoms with E-state index in [1.54, 1.807) is 11.0 Å². The van der Waals surface area contributed by atoms with Gasteiger partial charge in [0.1, 0.15) is 5.15 Å². The highest BCUT2D eigenvalue weighted by Crippen LogP contribution is 2.19. The lowest BCUT2D eigenvalue weighted by molar-refractivity contribution is 0.0782. The molecule has 0 saturated heterocycles. The van der Waals surface area contributed by atoms with Gasteiger partial charge in [0.25, 0.3) is 5.91 Å². The molecule has 0 saturated carbocycles. The van der Waals surface area contributed by atoms with Crippen LogP contribution in [0.3, 0.4) is 0 Å². The number of rotatable bonds is 4. The average Bonchev–Trinajstić information content (AvgIpc) is 2.28. The summed E-state index contributed by atoms with van der Waals surface area (Å²) in [6.07, 6.45) is 3.04. The summed E-state index contributed by atoms with van der Waals surface area (Å²) in [5.41, 5.74) is 0.366. The second-order valence-electron chi connectivity index (χ2n) is 3.12. The fourth-order valence-corrected chi connectivity index (χ4v) is 1.60. The van der Waals surface area contributed by atoms with Crippen molar-refractivity contribution in [2.24, 2.45) is 0 Å². The standard InChI is InChI=1S/C11H12Cl2N2O/c1-3-5-15(4-2)11(16)8-6-10(13)14-7-9(8)12/h3,6-7H,1,4-5H2,2H3. The van der Waals surface area contributed by atoms with E-state index < -0.39 is 0 Å². The predicted molar refractivity (Wildman–Crippen MR) is 66.0 cm³/mol. The van der Waals surface area contributed by atoms with Crippen LogP contribution in [0.5, 0.6) is 0 Å². The highest BCUT2D eigenvalue weighted by Gasteiger charge is 2.16. The van der Waals surface area contributed by atoms with Gasteiger partial charge in [0, 0.05) is 19.3 Å². The average molecular weight is 259 g/mol. The lowest BCUT2D eigenvalue weighted by Crippen LogP contribution is -2.31. The Hall–Kier alpha value is -1.06. The summed E-state index contributed by atoms with van der Waals surface area (Å²) in [6.45, 7) is 6.55. The molecule has 0 radical (unpaired) electrons. The number of pyridine rings is 1. The van der Waals surface area contributed by atoms with Gasteiger partial charge in [-0.25, -0.2) is 4.98 Å². The molecule has 86 valence electrons. The van der Waals surface area contributed by atoms with Crippen molar-refractivity contribution in [3.63, 3.8) is 0 Å². The molecule has 5 heteroatoms. The first-order chi connectivity index (χ1) is 7.60. The van der Waals surface area contributed by atoms with Crippen LogP contribution in [0.1, 0.15) is 17.3 Å².